The average molecular weight is 181 g/mol. The van der Waals surface area contributed by atoms with E-state index in [9.17, 15) is 0 Å². The molecule has 1 aromatic rings. The van der Waals surface area contributed by atoms with Crippen LogP contribution in [0.5, 0.6) is 0 Å². The molecule has 0 amide bonds. The lowest BCUT2D eigenvalue weighted by atomic mass is 10.2. The number of aromatic nitrogens is 1. The summed E-state index contributed by atoms with van der Waals surface area (Å²) >= 11 is 0. The van der Waals surface area contributed by atoms with Gasteiger partial charge in [-0.25, -0.2) is 0 Å². The van der Waals surface area contributed by atoms with Crippen molar-refractivity contribution in [2.24, 2.45) is 0 Å². The number of rotatable bonds is 3. The molecule has 72 valence electrons. The number of methoxy groups -OCH3 is 2. The van der Waals surface area contributed by atoms with Crippen molar-refractivity contribution in [1.29, 1.82) is 0 Å². The summed E-state index contributed by atoms with van der Waals surface area (Å²) in [5.41, 5.74) is 2.97. The van der Waals surface area contributed by atoms with E-state index in [-0.39, 0.29) is 6.29 Å². The molecule has 0 radical (unpaired) electrons. The summed E-state index contributed by atoms with van der Waals surface area (Å²) in [7, 11) is 3.25. The Kier molecular flexibility index (Phi) is 3.39. The third-order valence-electron chi connectivity index (χ3n) is 1.80. The fourth-order valence-corrected chi connectivity index (χ4v) is 1.37. The minimum Gasteiger partial charge on any atom is -0.352 e. The van der Waals surface area contributed by atoms with Gasteiger partial charge in [0.15, 0.2) is 6.29 Å². The van der Waals surface area contributed by atoms with Crippen LogP contribution in [-0.2, 0) is 9.47 Å². The van der Waals surface area contributed by atoms with Crippen molar-refractivity contribution in [3.63, 3.8) is 0 Å². The van der Waals surface area contributed by atoms with Gasteiger partial charge in [0.1, 0.15) is 0 Å². The zero-order chi connectivity index (χ0) is 9.84. The quantitative estimate of drug-likeness (QED) is 0.668. The maximum atomic E-state index is 5.15. The lowest BCUT2D eigenvalue weighted by molar-refractivity contribution is -0.106. The Morgan fingerprint density at radius 1 is 1.08 bits per heavy atom. The first-order valence-electron chi connectivity index (χ1n) is 4.18. The summed E-state index contributed by atoms with van der Waals surface area (Å²) < 4.78 is 10.3. The Hall–Kier alpha value is -0.930. The monoisotopic (exact) mass is 181 g/mol. The smallest absolute Gasteiger partial charge is 0.183 e. The first-order valence-corrected chi connectivity index (χ1v) is 4.18. The van der Waals surface area contributed by atoms with Gasteiger partial charge in [-0.05, 0) is 26.0 Å². The Labute approximate surface area is 78.7 Å². The van der Waals surface area contributed by atoms with Crippen LogP contribution in [0.2, 0.25) is 0 Å². The molecule has 0 saturated heterocycles. The van der Waals surface area contributed by atoms with Gasteiger partial charge in [0, 0.05) is 31.2 Å². The van der Waals surface area contributed by atoms with Crippen LogP contribution in [0.1, 0.15) is 23.2 Å². The van der Waals surface area contributed by atoms with Crippen LogP contribution in [0.4, 0.5) is 0 Å². The van der Waals surface area contributed by atoms with Crippen molar-refractivity contribution in [1.82, 2.24) is 4.98 Å². The minimum atomic E-state index is -0.291. The summed E-state index contributed by atoms with van der Waals surface area (Å²) in [5.74, 6) is 0. The van der Waals surface area contributed by atoms with Gasteiger partial charge in [0.2, 0.25) is 0 Å². The van der Waals surface area contributed by atoms with E-state index in [2.05, 4.69) is 4.98 Å². The van der Waals surface area contributed by atoms with Crippen LogP contribution in [-0.4, -0.2) is 19.2 Å². The van der Waals surface area contributed by atoms with Crippen LogP contribution in [0, 0.1) is 13.8 Å². The van der Waals surface area contributed by atoms with Crippen molar-refractivity contribution >= 4 is 0 Å². The van der Waals surface area contributed by atoms with Crippen molar-refractivity contribution < 1.29 is 9.47 Å². The summed E-state index contributed by atoms with van der Waals surface area (Å²) in [6.07, 6.45) is -0.291. The van der Waals surface area contributed by atoms with Gasteiger partial charge < -0.3 is 9.47 Å². The zero-order valence-corrected chi connectivity index (χ0v) is 8.50. The predicted molar refractivity (Wildman–Crippen MR) is 50.5 cm³/mol. The normalized spacial score (nSPS) is 10.8. The molecule has 0 unspecified atom stereocenters. The summed E-state index contributed by atoms with van der Waals surface area (Å²) in [5, 5.41) is 0. The van der Waals surface area contributed by atoms with Gasteiger partial charge in [-0.3, -0.25) is 4.98 Å². The number of ether oxygens (including phenoxy) is 2. The topological polar surface area (TPSA) is 31.4 Å². The van der Waals surface area contributed by atoms with Crippen molar-refractivity contribution in [3.8, 4) is 0 Å². The van der Waals surface area contributed by atoms with E-state index in [1.165, 1.54) is 0 Å². The van der Waals surface area contributed by atoms with Gasteiger partial charge in [-0.1, -0.05) is 0 Å². The summed E-state index contributed by atoms with van der Waals surface area (Å²) in [4.78, 5) is 4.27. The molecule has 0 atom stereocenters. The van der Waals surface area contributed by atoms with Gasteiger partial charge >= 0.3 is 0 Å². The zero-order valence-electron chi connectivity index (χ0n) is 8.50. The van der Waals surface area contributed by atoms with Gasteiger partial charge in [0.05, 0.1) is 0 Å². The number of aryl methyl sites for hydroxylation is 2. The lowest BCUT2D eigenvalue weighted by Gasteiger charge is -2.14. The van der Waals surface area contributed by atoms with Crippen LogP contribution in [0.3, 0.4) is 0 Å². The molecule has 1 heterocycles. The molecule has 3 heteroatoms. The number of hydrogen-bond donors (Lipinski definition) is 0. The Morgan fingerprint density at radius 2 is 1.54 bits per heavy atom. The molecule has 0 bridgehead atoms. The van der Waals surface area contributed by atoms with Crippen LogP contribution >= 0.6 is 0 Å². The molecule has 0 N–H and O–H groups in total. The molecule has 1 rings (SSSR count). The van der Waals surface area contributed by atoms with E-state index in [1.54, 1.807) is 14.2 Å². The van der Waals surface area contributed by atoms with E-state index < -0.39 is 0 Å². The molecule has 0 aliphatic rings. The second-order valence-corrected chi connectivity index (χ2v) is 2.99. The summed E-state index contributed by atoms with van der Waals surface area (Å²) in [6, 6.07) is 3.93. The maximum Gasteiger partial charge on any atom is 0.183 e. The fraction of sp³-hybridized carbons (Fsp3) is 0.500. The number of nitrogens with zero attached hydrogens (tertiary/aromatic N) is 1. The van der Waals surface area contributed by atoms with Gasteiger partial charge in [-0.15, -0.1) is 0 Å². The highest BCUT2D eigenvalue weighted by atomic mass is 16.7. The van der Waals surface area contributed by atoms with Crippen LogP contribution < -0.4 is 0 Å². The van der Waals surface area contributed by atoms with E-state index in [0.29, 0.717) is 0 Å². The third-order valence-corrected chi connectivity index (χ3v) is 1.80. The van der Waals surface area contributed by atoms with Crippen molar-refractivity contribution in [2.45, 2.75) is 20.1 Å². The molecule has 0 fully saturated rings. The van der Waals surface area contributed by atoms with Crippen molar-refractivity contribution in [2.75, 3.05) is 14.2 Å². The van der Waals surface area contributed by atoms with E-state index in [1.807, 2.05) is 26.0 Å². The third kappa shape index (κ3) is 2.50. The minimum absolute atomic E-state index is 0.291. The highest BCUT2D eigenvalue weighted by Crippen LogP contribution is 2.18. The largest absolute Gasteiger partial charge is 0.352 e. The standard InChI is InChI=1S/C10H15NO2/c1-7-5-9(6-8(2)11-7)10(12-3)13-4/h5-6,10H,1-4H3. The molecule has 1 aromatic heterocycles. The fourth-order valence-electron chi connectivity index (χ4n) is 1.37. The van der Waals surface area contributed by atoms with E-state index in [0.717, 1.165) is 17.0 Å². The molecular formula is C10H15NO2. The molecule has 0 aromatic carbocycles. The van der Waals surface area contributed by atoms with Gasteiger partial charge in [-0.2, -0.15) is 0 Å². The SMILES string of the molecule is COC(OC)c1cc(C)nc(C)c1. The first kappa shape index (κ1) is 10.2. The Morgan fingerprint density at radius 3 is 1.92 bits per heavy atom. The Balaban J connectivity index is 2.99. The first-order chi connectivity index (χ1) is 6.17. The van der Waals surface area contributed by atoms with E-state index >= 15 is 0 Å². The molecule has 0 aliphatic heterocycles. The average Bonchev–Trinajstić information content (AvgIpc) is 2.04. The molecule has 3 nitrogen and oxygen atoms in total. The second-order valence-electron chi connectivity index (χ2n) is 2.99. The summed E-state index contributed by atoms with van der Waals surface area (Å²) in [6.45, 7) is 3.91. The molecule has 0 saturated carbocycles. The maximum absolute atomic E-state index is 5.15. The number of pyridine rings is 1. The second kappa shape index (κ2) is 4.35. The highest BCUT2D eigenvalue weighted by Gasteiger charge is 2.09. The Bertz CT molecular complexity index is 262. The van der Waals surface area contributed by atoms with Crippen LogP contribution in [0.15, 0.2) is 12.1 Å². The molecular weight excluding hydrogens is 166 g/mol. The van der Waals surface area contributed by atoms with Crippen LogP contribution in [0.25, 0.3) is 0 Å². The highest BCUT2D eigenvalue weighted by molar-refractivity contribution is 5.21. The predicted octanol–water partition coefficient (Wildman–Crippen LogP) is 1.99. The van der Waals surface area contributed by atoms with E-state index in [4.69, 9.17) is 9.47 Å². The molecule has 0 aliphatic carbocycles. The van der Waals surface area contributed by atoms with Gasteiger partial charge in [0.25, 0.3) is 0 Å². The molecule has 13 heavy (non-hydrogen) atoms. The number of hydrogen-bond acceptors (Lipinski definition) is 3. The molecule has 0 spiro atoms. The lowest BCUT2D eigenvalue weighted by Crippen LogP contribution is -2.05. The van der Waals surface area contributed by atoms with Crippen molar-refractivity contribution in [3.05, 3.63) is 29.1 Å².